The number of rotatable bonds is 4. The van der Waals surface area contributed by atoms with Crippen LogP contribution < -0.4 is 0 Å². The molecule has 0 aliphatic heterocycles. The third-order valence-corrected chi connectivity index (χ3v) is 1.51. The molecule has 0 fully saturated rings. The standard InChI is InChI=1S/C5H13FNO3P/c1-7(2,3)4-5-10-11(6,8)9/h4-5H2,1-3H3/p+1. The predicted octanol–water partition coefficient (Wildman–Crippen LogP) is 0.779. The topological polar surface area (TPSA) is 46.5 Å². The molecule has 6 heteroatoms. The van der Waals surface area contributed by atoms with Crippen molar-refractivity contribution in [1.29, 1.82) is 0 Å². The van der Waals surface area contributed by atoms with Crippen LogP contribution in [-0.2, 0) is 9.09 Å². The molecule has 0 bridgehead atoms. The van der Waals surface area contributed by atoms with Crippen molar-refractivity contribution < 1.29 is 22.7 Å². The van der Waals surface area contributed by atoms with Crippen molar-refractivity contribution >= 4 is 7.91 Å². The molecule has 0 rings (SSSR count). The highest BCUT2D eigenvalue weighted by molar-refractivity contribution is 7.46. The molecule has 0 aromatic rings. The zero-order chi connectivity index (χ0) is 9.12. The van der Waals surface area contributed by atoms with Crippen molar-refractivity contribution in [2.24, 2.45) is 0 Å². The molecule has 0 aromatic heterocycles. The molecule has 0 aromatic carbocycles. The first-order valence-electron chi connectivity index (χ1n) is 3.18. The second kappa shape index (κ2) is 3.63. The van der Waals surface area contributed by atoms with Gasteiger partial charge in [0.15, 0.2) is 0 Å². The Bertz CT molecular complexity index is 162. The summed E-state index contributed by atoms with van der Waals surface area (Å²) in [5.41, 5.74) is 0. The Kier molecular flexibility index (Phi) is 3.64. The van der Waals surface area contributed by atoms with Crippen molar-refractivity contribution in [3.05, 3.63) is 0 Å². The number of halogens is 1. The van der Waals surface area contributed by atoms with Gasteiger partial charge in [0.1, 0.15) is 13.2 Å². The SMILES string of the molecule is C[N+](C)(C)CCOP(=O)(O)F. The first-order valence-corrected chi connectivity index (χ1v) is 4.65. The van der Waals surface area contributed by atoms with Gasteiger partial charge in [0.25, 0.3) is 0 Å². The fourth-order valence-corrected chi connectivity index (χ4v) is 0.734. The van der Waals surface area contributed by atoms with Gasteiger partial charge in [-0.05, 0) is 0 Å². The molecule has 68 valence electrons. The molecule has 0 radical (unpaired) electrons. The van der Waals surface area contributed by atoms with Crippen molar-refractivity contribution in [3.63, 3.8) is 0 Å². The maximum Gasteiger partial charge on any atom is 0.510 e. The van der Waals surface area contributed by atoms with Crippen molar-refractivity contribution in [1.82, 2.24) is 0 Å². The van der Waals surface area contributed by atoms with E-state index in [2.05, 4.69) is 4.52 Å². The molecular weight excluding hydrogens is 172 g/mol. The minimum atomic E-state index is -4.76. The molecule has 0 saturated heterocycles. The number of nitrogens with zero attached hydrogens (tertiary/aromatic N) is 1. The molecule has 0 amide bonds. The van der Waals surface area contributed by atoms with E-state index in [1.54, 1.807) is 0 Å². The average molecular weight is 186 g/mol. The quantitative estimate of drug-likeness (QED) is 0.521. The summed E-state index contributed by atoms with van der Waals surface area (Å²) in [6.07, 6.45) is 0. The minimum Gasteiger partial charge on any atom is -0.329 e. The van der Waals surface area contributed by atoms with E-state index in [0.29, 0.717) is 11.0 Å². The molecule has 11 heavy (non-hydrogen) atoms. The van der Waals surface area contributed by atoms with Crippen molar-refractivity contribution in [2.75, 3.05) is 34.3 Å². The van der Waals surface area contributed by atoms with Crippen LogP contribution in [0.25, 0.3) is 0 Å². The number of likely N-dealkylation sites (N-methyl/N-ethyl adjacent to an activating group) is 1. The third kappa shape index (κ3) is 10.0. The van der Waals surface area contributed by atoms with E-state index in [-0.39, 0.29) is 6.61 Å². The summed E-state index contributed by atoms with van der Waals surface area (Å²) in [6, 6.07) is 0. The zero-order valence-electron chi connectivity index (χ0n) is 6.95. The summed E-state index contributed by atoms with van der Waals surface area (Å²) >= 11 is 0. The maximum absolute atomic E-state index is 11.8. The molecule has 0 heterocycles. The van der Waals surface area contributed by atoms with E-state index >= 15 is 0 Å². The smallest absolute Gasteiger partial charge is 0.329 e. The summed E-state index contributed by atoms with van der Waals surface area (Å²) in [5.74, 6) is 0. The third-order valence-electron chi connectivity index (χ3n) is 1.01. The fourth-order valence-electron chi connectivity index (χ4n) is 0.427. The molecule has 1 unspecified atom stereocenters. The Morgan fingerprint density at radius 1 is 1.55 bits per heavy atom. The summed E-state index contributed by atoms with van der Waals surface area (Å²) in [5, 5.41) is 0. The van der Waals surface area contributed by atoms with Crippen LogP contribution in [0.2, 0.25) is 0 Å². The van der Waals surface area contributed by atoms with Crippen LogP contribution in [-0.4, -0.2) is 43.7 Å². The lowest BCUT2D eigenvalue weighted by Gasteiger charge is -2.23. The molecular formula is C5H14FNO3P+. The molecule has 0 spiro atoms. The van der Waals surface area contributed by atoms with Crippen LogP contribution >= 0.6 is 7.91 Å². The number of hydrogen-bond acceptors (Lipinski definition) is 2. The van der Waals surface area contributed by atoms with Crippen LogP contribution in [0.4, 0.5) is 4.20 Å². The summed E-state index contributed by atoms with van der Waals surface area (Å²) in [7, 11) is 0.875. The van der Waals surface area contributed by atoms with Gasteiger partial charge in [-0.15, -0.1) is 4.20 Å². The minimum absolute atomic E-state index is 0.0478. The van der Waals surface area contributed by atoms with Crippen LogP contribution in [0.3, 0.4) is 0 Å². The van der Waals surface area contributed by atoms with Crippen molar-refractivity contribution in [3.8, 4) is 0 Å². The highest BCUT2D eigenvalue weighted by Crippen LogP contribution is 2.42. The summed E-state index contributed by atoms with van der Waals surface area (Å²) < 4.78 is 26.4. The lowest BCUT2D eigenvalue weighted by atomic mass is 10.5. The van der Waals surface area contributed by atoms with Gasteiger partial charge in [-0.2, -0.15) is 0 Å². The maximum atomic E-state index is 11.8. The molecule has 0 saturated carbocycles. The van der Waals surface area contributed by atoms with Gasteiger partial charge in [0, 0.05) is 0 Å². The Morgan fingerprint density at radius 2 is 2.00 bits per heavy atom. The zero-order valence-corrected chi connectivity index (χ0v) is 7.84. The van der Waals surface area contributed by atoms with Gasteiger partial charge >= 0.3 is 7.91 Å². The Balaban J connectivity index is 3.52. The first-order chi connectivity index (χ1) is 4.71. The van der Waals surface area contributed by atoms with E-state index in [0.717, 1.165) is 0 Å². The number of quaternary nitrogens is 1. The van der Waals surface area contributed by atoms with E-state index in [9.17, 15) is 8.76 Å². The van der Waals surface area contributed by atoms with Gasteiger partial charge in [-0.1, -0.05) is 0 Å². The normalized spacial score (nSPS) is 17.9. The van der Waals surface area contributed by atoms with E-state index < -0.39 is 7.91 Å². The van der Waals surface area contributed by atoms with Gasteiger partial charge < -0.3 is 4.48 Å². The molecule has 0 aliphatic rings. The van der Waals surface area contributed by atoms with E-state index in [1.807, 2.05) is 21.1 Å². The second-order valence-electron chi connectivity index (χ2n) is 3.30. The van der Waals surface area contributed by atoms with E-state index in [4.69, 9.17) is 4.89 Å². The fraction of sp³-hybridized carbons (Fsp3) is 1.00. The van der Waals surface area contributed by atoms with E-state index in [1.165, 1.54) is 0 Å². The highest BCUT2D eigenvalue weighted by atomic mass is 31.2. The van der Waals surface area contributed by atoms with Crippen LogP contribution in [0.1, 0.15) is 0 Å². The van der Waals surface area contributed by atoms with Gasteiger partial charge in [0.05, 0.1) is 21.1 Å². The van der Waals surface area contributed by atoms with Crippen molar-refractivity contribution in [2.45, 2.75) is 0 Å². The predicted molar refractivity (Wildman–Crippen MR) is 39.8 cm³/mol. The van der Waals surface area contributed by atoms with Gasteiger partial charge in [-0.25, -0.2) is 4.57 Å². The largest absolute Gasteiger partial charge is 0.510 e. The number of hydrogen-bond donors (Lipinski definition) is 1. The Morgan fingerprint density at radius 3 is 2.27 bits per heavy atom. The lowest BCUT2D eigenvalue weighted by molar-refractivity contribution is -0.870. The molecule has 4 nitrogen and oxygen atoms in total. The Labute approximate surface area is 65.8 Å². The van der Waals surface area contributed by atoms with Gasteiger partial charge in [-0.3, -0.25) is 9.42 Å². The van der Waals surface area contributed by atoms with Crippen LogP contribution in [0.15, 0.2) is 0 Å². The summed E-state index contributed by atoms with van der Waals surface area (Å²) in [4.78, 5) is 8.07. The average Bonchev–Trinajstić information content (AvgIpc) is 1.55. The first kappa shape index (κ1) is 11.0. The van der Waals surface area contributed by atoms with Gasteiger partial charge in [0.2, 0.25) is 0 Å². The monoisotopic (exact) mass is 186 g/mol. The summed E-state index contributed by atoms with van der Waals surface area (Å²) in [6.45, 7) is 0.447. The second-order valence-corrected chi connectivity index (χ2v) is 4.46. The molecule has 1 N–H and O–H groups in total. The molecule has 0 aliphatic carbocycles. The Hall–Kier alpha value is 0.0400. The van der Waals surface area contributed by atoms with Crippen LogP contribution in [0, 0.1) is 0 Å². The highest BCUT2D eigenvalue weighted by Gasteiger charge is 2.18. The lowest BCUT2D eigenvalue weighted by Crippen LogP contribution is -2.37. The molecule has 1 atom stereocenters. The van der Waals surface area contributed by atoms with Crippen LogP contribution in [0.5, 0.6) is 0 Å².